The molecule has 0 spiro atoms. The summed E-state index contributed by atoms with van der Waals surface area (Å²) in [5.74, 6) is -1.87. The lowest BCUT2D eigenvalue weighted by Gasteiger charge is -2.21. The van der Waals surface area contributed by atoms with Crippen molar-refractivity contribution in [3.63, 3.8) is 0 Å². The molecule has 1 aromatic carbocycles. The van der Waals surface area contributed by atoms with E-state index in [1.165, 1.54) is 7.11 Å². The van der Waals surface area contributed by atoms with Gasteiger partial charge in [-0.3, -0.25) is 14.4 Å². The molecule has 10 nitrogen and oxygen atoms in total. The molecule has 214 valence electrons. The predicted molar refractivity (Wildman–Crippen MR) is 141 cm³/mol. The number of nitrogens with one attached hydrogen (secondary N) is 1. The molecule has 0 aliphatic heterocycles. The van der Waals surface area contributed by atoms with Gasteiger partial charge < -0.3 is 29.0 Å². The maximum atomic E-state index is 12.5. The molecule has 0 radical (unpaired) electrons. The van der Waals surface area contributed by atoms with Crippen molar-refractivity contribution in [2.45, 2.75) is 92.4 Å². The Labute approximate surface area is 225 Å². The van der Waals surface area contributed by atoms with Crippen LogP contribution in [0.15, 0.2) is 18.2 Å². The van der Waals surface area contributed by atoms with Gasteiger partial charge in [0.1, 0.15) is 18.2 Å². The summed E-state index contributed by atoms with van der Waals surface area (Å²) in [5.41, 5.74) is 0.632. The van der Waals surface area contributed by atoms with Crippen LogP contribution in [0.1, 0.15) is 73.3 Å². The largest absolute Gasteiger partial charge is 0.508 e. The van der Waals surface area contributed by atoms with Gasteiger partial charge in [-0.1, -0.05) is 40.7 Å². The Bertz CT molecular complexity index is 933. The van der Waals surface area contributed by atoms with Crippen molar-refractivity contribution in [1.29, 1.82) is 0 Å². The number of esters is 3. The zero-order chi connectivity index (χ0) is 28.8. The van der Waals surface area contributed by atoms with E-state index in [1.807, 2.05) is 20.8 Å². The Balaban J connectivity index is 3.06. The molecule has 0 saturated heterocycles. The maximum Gasteiger partial charge on any atom is 0.508 e. The summed E-state index contributed by atoms with van der Waals surface area (Å²) in [5, 5.41) is 3.05. The van der Waals surface area contributed by atoms with Gasteiger partial charge in [0.2, 0.25) is 0 Å². The molecule has 0 aliphatic carbocycles. The van der Waals surface area contributed by atoms with Crippen molar-refractivity contribution in [3.8, 4) is 11.5 Å². The molecule has 10 heteroatoms. The van der Waals surface area contributed by atoms with E-state index in [-0.39, 0.29) is 42.4 Å². The number of methoxy groups -OCH3 is 1. The fourth-order valence-electron chi connectivity index (χ4n) is 3.00. The minimum absolute atomic E-state index is 0.0950. The minimum atomic E-state index is -0.789. The van der Waals surface area contributed by atoms with Gasteiger partial charge in [0, 0.05) is 6.54 Å². The van der Waals surface area contributed by atoms with Gasteiger partial charge in [-0.15, -0.1) is 0 Å². The summed E-state index contributed by atoms with van der Waals surface area (Å²) in [6.07, 6.45) is 0.400. The van der Waals surface area contributed by atoms with Gasteiger partial charge >= 0.3 is 24.1 Å². The topological polar surface area (TPSA) is 126 Å². The lowest BCUT2D eigenvalue weighted by atomic mass is 10.0. The van der Waals surface area contributed by atoms with Gasteiger partial charge in [-0.25, -0.2) is 4.79 Å². The molecule has 5 atom stereocenters. The molecular formula is C28H43NO9. The number of benzene rings is 1. The van der Waals surface area contributed by atoms with Gasteiger partial charge in [-0.2, -0.15) is 0 Å². The van der Waals surface area contributed by atoms with Crippen molar-refractivity contribution in [2.75, 3.05) is 13.7 Å². The first-order chi connectivity index (χ1) is 17.9. The standard InChI is InChI=1S/C28H43NO9/c1-9-17(4)25(30)37-23-13-12-21(15-24(23)38-26(31)18(5)10-2)14-22(27(32)34-8)29-16-20(7)36-28(33)35-19(6)11-3/h12-13,15,17-20,22,29H,9-11,14,16H2,1-8H3/t17?,18?,19?,20?,22-/m0/s1. The third kappa shape index (κ3) is 11.1. The second kappa shape index (κ2) is 16.7. The zero-order valence-corrected chi connectivity index (χ0v) is 23.8. The number of hydrogen-bond donors (Lipinski definition) is 1. The molecular weight excluding hydrogens is 494 g/mol. The highest BCUT2D eigenvalue weighted by molar-refractivity contribution is 5.79. The molecule has 1 aromatic rings. The average Bonchev–Trinajstić information content (AvgIpc) is 2.90. The molecule has 1 N–H and O–H groups in total. The van der Waals surface area contributed by atoms with Crippen molar-refractivity contribution in [2.24, 2.45) is 11.8 Å². The lowest BCUT2D eigenvalue weighted by Crippen LogP contribution is -2.43. The molecule has 1 rings (SSSR count). The first-order valence-corrected chi connectivity index (χ1v) is 13.2. The molecule has 0 fully saturated rings. The maximum absolute atomic E-state index is 12.5. The zero-order valence-electron chi connectivity index (χ0n) is 23.8. The highest BCUT2D eigenvalue weighted by Gasteiger charge is 2.24. The van der Waals surface area contributed by atoms with Gasteiger partial charge in [0.25, 0.3) is 0 Å². The highest BCUT2D eigenvalue weighted by atomic mass is 16.7. The second-order valence-corrected chi connectivity index (χ2v) is 9.45. The predicted octanol–water partition coefficient (Wildman–Crippen LogP) is 4.60. The van der Waals surface area contributed by atoms with E-state index in [2.05, 4.69) is 5.32 Å². The van der Waals surface area contributed by atoms with Crippen LogP contribution in [0.4, 0.5) is 4.79 Å². The summed E-state index contributed by atoms with van der Waals surface area (Å²) >= 11 is 0. The third-order valence-corrected chi connectivity index (χ3v) is 6.21. The van der Waals surface area contributed by atoms with E-state index in [0.29, 0.717) is 24.8 Å². The Morgan fingerprint density at radius 2 is 1.32 bits per heavy atom. The molecule has 0 bridgehead atoms. The van der Waals surface area contributed by atoms with Crippen LogP contribution in [0.5, 0.6) is 11.5 Å². The van der Waals surface area contributed by atoms with Crippen molar-refractivity contribution in [1.82, 2.24) is 5.32 Å². The summed E-state index contributed by atoms with van der Waals surface area (Å²) in [4.78, 5) is 49.2. The van der Waals surface area contributed by atoms with Crippen molar-refractivity contribution >= 4 is 24.1 Å². The van der Waals surface area contributed by atoms with E-state index >= 15 is 0 Å². The smallest absolute Gasteiger partial charge is 0.468 e. The fourth-order valence-corrected chi connectivity index (χ4v) is 3.00. The molecule has 0 heterocycles. The Morgan fingerprint density at radius 1 is 0.763 bits per heavy atom. The van der Waals surface area contributed by atoms with Gasteiger partial charge in [-0.05, 0) is 57.2 Å². The number of carbonyl (C=O) groups is 4. The molecule has 0 aliphatic rings. The quantitative estimate of drug-likeness (QED) is 0.250. The van der Waals surface area contributed by atoms with Crippen LogP contribution in [0.2, 0.25) is 0 Å². The molecule has 4 unspecified atom stereocenters. The first-order valence-electron chi connectivity index (χ1n) is 13.2. The molecule has 0 amide bonds. The van der Waals surface area contributed by atoms with E-state index in [9.17, 15) is 19.2 Å². The van der Waals surface area contributed by atoms with Crippen molar-refractivity contribution in [3.05, 3.63) is 23.8 Å². The fraction of sp³-hybridized carbons (Fsp3) is 0.643. The van der Waals surface area contributed by atoms with Crippen LogP contribution in [0.3, 0.4) is 0 Å². The lowest BCUT2D eigenvalue weighted by molar-refractivity contribution is -0.143. The van der Waals surface area contributed by atoms with Crippen molar-refractivity contribution < 1.29 is 42.9 Å². The van der Waals surface area contributed by atoms with Gasteiger partial charge in [0.05, 0.1) is 18.9 Å². The van der Waals surface area contributed by atoms with Crippen LogP contribution in [0, 0.1) is 11.8 Å². The number of ether oxygens (including phenoxy) is 5. The van der Waals surface area contributed by atoms with Crippen LogP contribution in [-0.4, -0.2) is 56.0 Å². The summed E-state index contributed by atoms with van der Waals surface area (Å²) in [6, 6.07) is 4.00. The molecule has 0 saturated carbocycles. The summed E-state index contributed by atoms with van der Waals surface area (Å²) in [6.45, 7) is 12.7. The van der Waals surface area contributed by atoms with Crippen LogP contribution >= 0.6 is 0 Å². The van der Waals surface area contributed by atoms with E-state index < -0.39 is 36.2 Å². The second-order valence-electron chi connectivity index (χ2n) is 9.45. The minimum Gasteiger partial charge on any atom is -0.468 e. The highest BCUT2D eigenvalue weighted by Crippen LogP contribution is 2.31. The number of carbonyl (C=O) groups excluding carboxylic acids is 4. The van der Waals surface area contributed by atoms with Crippen LogP contribution in [0.25, 0.3) is 0 Å². The van der Waals surface area contributed by atoms with E-state index in [4.69, 9.17) is 23.7 Å². The third-order valence-electron chi connectivity index (χ3n) is 6.21. The molecule has 0 aromatic heterocycles. The Morgan fingerprint density at radius 3 is 1.84 bits per heavy atom. The Hall–Kier alpha value is -3.14. The molecule has 38 heavy (non-hydrogen) atoms. The summed E-state index contributed by atoms with van der Waals surface area (Å²) < 4.78 is 26.4. The first kappa shape index (κ1) is 32.9. The number of hydrogen-bond acceptors (Lipinski definition) is 10. The SMILES string of the molecule is CCC(C)OC(=O)OC(C)CN[C@@H](Cc1ccc(OC(=O)C(C)CC)c(OC(=O)C(C)CC)c1)C(=O)OC. The van der Waals surface area contributed by atoms with E-state index in [0.717, 1.165) is 0 Å². The van der Waals surface area contributed by atoms with Crippen LogP contribution in [-0.2, 0) is 35.0 Å². The van der Waals surface area contributed by atoms with E-state index in [1.54, 1.807) is 45.9 Å². The number of rotatable bonds is 15. The summed E-state index contributed by atoms with van der Waals surface area (Å²) in [7, 11) is 1.28. The normalized spacial score (nSPS) is 14.8. The van der Waals surface area contributed by atoms with Crippen LogP contribution < -0.4 is 14.8 Å². The van der Waals surface area contributed by atoms with Gasteiger partial charge in [0.15, 0.2) is 11.5 Å². The Kier molecular flexibility index (Phi) is 14.4. The average molecular weight is 538 g/mol. The monoisotopic (exact) mass is 537 g/mol.